The highest BCUT2D eigenvalue weighted by Gasteiger charge is 2.34. The molecular formula is C30H30N2O6S. The van der Waals surface area contributed by atoms with Crippen molar-refractivity contribution in [2.45, 2.75) is 20.8 Å². The van der Waals surface area contributed by atoms with Gasteiger partial charge in [0.25, 0.3) is 17.1 Å². The predicted octanol–water partition coefficient (Wildman–Crippen LogP) is 5.83. The number of benzene rings is 3. The average Bonchev–Trinajstić information content (AvgIpc) is 3.18. The number of carbonyl (C=O) groups is 3. The first-order valence-corrected chi connectivity index (χ1v) is 13.4. The highest BCUT2D eigenvalue weighted by Crippen LogP contribution is 2.34. The second kappa shape index (κ2) is 13.0. The maximum Gasteiger partial charge on any atom is 0.293 e. The fraction of sp³-hybridized carbons (Fsp3) is 0.233. The Kier molecular flexibility index (Phi) is 9.27. The van der Waals surface area contributed by atoms with Gasteiger partial charge < -0.3 is 19.5 Å². The summed E-state index contributed by atoms with van der Waals surface area (Å²) in [5, 5.41) is 2.49. The van der Waals surface area contributed by atoms with Crippen LogP contribution in [0.2, 0.25) is 0 Å². The molecule has 1 aliphatic rings. The molecule has 3 amide bonds. The standard InChI is InChI=1S/C30H30N2O6S/c1-4-36-26-17-22(11-14-25(26)38-19-28(33)31-24-8-6-5-7-21(24)3)18-27-29(34)32(30(35)39-27)15-16-37-23-12-9-20(2)10-13-23/h5-14,17-18H,4,15-16,19H2,1-3H3,(H,31,33)/b27-18-. The van der Waals surface area contributed by atoms with Crippen LogP contribution in [0, 0.1) is 13.8 Å². The van der Waals surface area contributed by atoms with Crippen LogP contribution in [0.1, 0.15) is 23.6 Å². The molecule has 1 saturated heterocycles. The Bertz CT molecular complexity index is 1390. The molecule has 1 fully saturated rings. The first-order chi connectivity index (χ1) is 18.8. The van der Waals surface area contributed by atoms with Crippen molar-refractivity contribution in [1.29, 1.82) is 0 Å². The Balaban J connectivity index is 1.38. The van der Waals surface area contributed by atoms with Crippen molar-refractivity contribution in [2.75, 3.05) is 31.7 Å². The number of nitrogens with one attached hydrogen (secondary N) is 1. The Morgan fingerprint density at radius 1 is 0.949 bits per heavy atom. The van der Waals surface area contributed by atoms with Crippen LogP contribution in [-0.2, 0) is 9.59 Å². The molecule has 9 heteroatoms. The van der Waals surface area contributed by atoms with Gasteiger partial charge in [0.1, 0.15) is 12.4 Å². The van der Waals surface area contributed by atoms with E-state index >= 15 is 0 Å². The SMILES string of the molecule is CCOc1cc(/C=C2\SC(=O)N(CCOc3ccc(C)cc3)C2=O)ccc1OCC(=O)Nc1ccccc1C. The van der Waals surface area contributed by atoms with Crippen molar-refractivity contribution < 1.29 is 28.6 Å². The van der Waals surface area contributed by atoms with Crippen LogP contribution in [-0.4, -0.2) is 48.3 Å². The summed E-state index contributed by atoms with van der Waals surface area (Å²) in [5.74, 6) is 0.844. The third kappa shape index (κ3) is 7.42. The van der Waals surface area contributed by atoms with E-state index in [-0.39, 0.29) is 36.8 Å². The van der Waals surface area contributed by atoms with Crippen LogP contribution in [0.3, 0.4) is 0 Å². The van der Waals surface area contributed by atoms with Gasteiger partial charge in [-0.25, -0.2) is 0 Å². The molecule has 0 saturated carbocycles. The monoisotopic (exact) mass is 546 g/mol. The molecule has 0 radical (unpaired) electrons. The van der Waals surface area contributed by atoms with Crippen LogP contribution < -0.4 is 19.5 Å². The molecule has 0 aliphatic carbocycles. The molecular weight excluding hydrogens is 516 g/mol. The fourth-order valence-electron chi connectivity index (χ4n) is 3.78. The number of anilines is 1. The minimum Gasteiger partial charge on any atom is -0.492 e. The Hall–Kier alpha value is -4.24. The predicted molar refractivity (Wildman–Crippen MR) is 152 cm³/mol. The van der Waals surface area contributed by atoms with Gasteiger partial charge in [0.2, 0.25) is 0 Å². The fourth-order valence-corrected chi connectivity index (χ4v) is 4.64. The van der Waals surface area contributed by atoms with E-state index in [1.54, 1.807) is 24.3 Å². The Morgan fingerprint density at radius 3 is 2.46 bits per heavy atom. The number of ether oxygens (including phenoxy) is 3. The van der Waals surface area contributed by atoms with E-state index in [0.29, 0.717) is 34.3 Å². The second-order valence-electron chi connectivity index (χ2n) is 8.79. The molecule has 0 unspecified atom stereocenters. The van der Waals surface area contributed by atoms with E-state index in [0.717, 1.165) is 28.6 Å². The van der Waals surface area contributed by atoms with Crippen molar-refractivity contribution in [1.82, 2.24) is 4.90 Å². The number of carbonyl (C=O) groups excluding carboxylic acids is 3. The molecule has 202 valence electrons. The third-order valence-corrected chi connectivity index (χ3v) is 6.73. The summed E-state index contributed by atoms with van der Waals surface area (Å²) in [6.45, 7) is 6.27. The van der Waals surface area contributed by atoms with Gasteiger partial charge in [-0.2, -0.15) is 0 Å². The zero-order valence-electron chi connectivity index (χ0n) is 22.1. The van der Waals surface area contributed by atoms with Gasteiger partial charge >= 0.3 is 0 Å². The molecule has 1 N–H and O–H groups in total. The number of para-hydroxylation sites is 1. The van der Waals surface area contributed by atoms with Gasteiger partial charge in [-0.1, -0.05) is 42.0 Å². The summed E-state index contributed by atoms with van der Waals surface area (Å²) >= 11 is 0.882. The lowest BCUT2D eigenvalue weighted by Crippen LogP contribution is -2.32. The smallest absolute Gasteiger partial charge is 0.293 e. The average molecular weight is 547 g/mol. The number of imide groups is 1. The minimum atomic E-state index is -0.372. The van der Waals surface area contributed by atoms with Crippen LogP contribution in [0.5, 0.6) is 17.2 Å². The lowest BCUT2D eigenvalue weighted by molar-refractivity contribution is -0.123. The topological polar surface area (TPSA) is 94.2 Å². The van der Waals surface area contributed by atoms with Gasteiger partial charge in [-0.3, -0.25) is 19.3 Å². The van der Waals surface area contributed by atoms with Gasteiger partial charge in [0, 0.05) is 5.69 Å². The van der Waals surface area contributed by atoms with Crippen LogP contribution in [0.15, 0.2) is 71.6 Å². The molecule has 3 aromatic rings. The summed E-state index contributed by atoms with van der Waals surface area (Å²) in [4.78, 5) is 39.3. The van der Waals surface area contributed by atoms with Crippen molar-refractivity contribution in [2.24, 2.45) is 0 Å². The summed E-state index contributed by atoms with van der Waals surface area (Å²) < 4.78 is 17.1. The number of rotatable bonds is 11. The van der Waals surface area contributed by atoms with Gasteiger partial charge in [-0.15, -0.1) is 0 Å². The van der Waals surface area contributed by atoms with E-state index in [4.69, 9.17) is 14.2 Å². The largest absolute Gasteiger partial charge is 0.492 e. The van der Waals surface area contributed by atoms with Crippen molar-refractivity contribution in [3.63, 3.8) is 0 Å². The molecule has 8 nitrogen and oxygen atoms in total. The number of thioether (sulfide) groups is 1. The number of amides is 3. The van der Waals surface area contributed by atoms with E-state index in [1.807, 2.05) is 69.3 Å². The second-order valence-corrected chi connectivity index (χ2v) is 9.78. The summed E-state index contributed by atoms with van der Waals surface area (Å²) in [5.41, 5.74) is 3.46. The molecule has 0 aromatic heterocycles. The molecule has 0 atom stereocenters. The van der Waals surface area contributed by atoms with E-state index in [2.05, 4.69) is 5.32 Å². The van der Waals surface area contributed by atoms with Crippen LogP contribution in [0.25, 0.3) is 6.08 Å². The normalized spacial score (nSPS) is 14.0. The zero-order valence-corrected chi connectivity index (χ0v) is 22.9. The summed E-state index contributed by atoms with van der Waals surface area (Å²) in [7, 11) is 0. The lowest BCUT2D eigenvalue weighted by Gasteiger charge is -2.14. The van der Waals surface area contributed by atoms with E-state index < -0.39 is 0 Å². The van der Waals surface area contributed by atoms with Crippen LogP contribution >= 0.6 is 11.8 Å². The van der Waals surface area contributed by atoms with Gasteiger partial charge in [0.15, 0.2) is 18.1 Å². The maximum absolute atomic E-state index is 12.9. The molecule has 0 spiro atoms. The lowest BCUT2D eigenvalue weighted by atomic mass is 10.2. The third-order valence-electron chi connectivity index (χ3n) is 5.82. The maximum atomic E-state index is 12.9. The highest BCUT2D eigenvalue weighted by molar-refractivity contribution is 8.18. The van der Waals surface area contributed by atoms with Crippen molar-refractivity contribution in [3.05, 3.63) is 88.3 Å². The van der Waals surface area contributed by atoms with Crippen LogP contribution in [0.4, 0.5) is 10.5 Å². The molecule has 4 rings (SSSR count). The quantitative estimate of drug-likeness (QED) is 0.302. The Labute approximate surface area is 231 Å². The molecule has 39 heavy (non-hydrogen) atoms. The number of hydrogen-bond donors (Lipinski definition) is 1. The minimum absolute atomic E-state index is 0.150. The molecule has 0 bridgehead atoms. The van der Waals surface area contributed by atoms with Gasteiger partial charge in [-0.05, 0) is 80.1 Å². The zero-order chi connectivity index (χ0) is 27.8. The summed E-state index contributed by atoms with van der Waals surface area (Å²) in [6, 6.07) is 20.2. The number of nitrogens with zero attached hydrogens (tertiary/aromatic N) is 1. The molecule has 1 aliphatic heterocycles. The van der Waals surface area contributed by atoms with Crippen molar-refractivity contribution >= 4 is 40.6 Å². The van der Waals surface area contributed by atoms with E-state index in [9.17, 15) is 14.4 Å². The van der Waals surface area contributed by atoms with E-state index in [1.165, 1.54) is 4.90 Å². The highest BCUT2D eigenvalue weighted by atomic mass is 32.2. The molecule has 1 heterocycles. The number of hydrogen-bond acceptors (Lipinski definition) is 7. The van der Waals surface area contributed by atoms with Gasteiger partial charge in [0.05, 0.1) is 18.1 Å². The van der Waals surface area contributed by atoms with Crippen molar-refractivity contribution in [3.8, 4) is 17.2 Å². The molecule has 3 aromatic carbocycles. The first kappa shape index (κ1) is 27.8. The number of aryl methyl sites for hydroxylation is 2. The first-order valence-electron chi connectivity index (χ1n) is 12.5. The Morgan fingerprint density at radius 2 is 1.72 bits per heavy atom. The summed E-state index contributed by atoms with van der Waals surface area (Å²) in [6.07, 6.45) is 1.64.